The highest BCUT2D eigenvalue weighted by Crippen LogP contribution is 2.32. The second kappa shape index (κ2) is 6.82. The van der Waals surface area contributed by atoms with Crippen molar-refractivity contribution in [2.45, 2.75) is 17.7 Å². The fraction of sp³-hybridized carbons (Fsp3) is 0.294. The second-order valence-electron chi connectivity index (χ2n) is 5.89. The second-order valence-corrected chi connectivity index (χ2v) is 8.61. The van der Waals surface area contributed by atoms with Crippen LogP contribution in [0.5, 0.6) is 5.75 Å². The van der Waals surface area contributed by atoms with E-state index in [9.17, 15) is 8.42 Å². The Bertz CT molecular complexity index is 975. The smallest absolute Gasteiger partial charge is 0.243 e. The zero-order valence-corrected chi connectivity index (χ0v) is 15.7. The van der Waals surface area contributed by atoms with Crippen LogP contribution in [-0.2, 0) is 10.0 Å². The summed E-state index contributed by atoms with van der Waals surface area (Å²) < 4.78 is 37.4. The zero-order valence-electron chi connectivity index (χ0n) is 14.0. The first-order chi connectivity index (χ1) is 12.6. The molecular weight excluding hydrogens is 374 g/mol. The third-order valence-electron chi connectivity index (χ3n) is 4.19. The minimum absolute atomic E-state index is 0.0765. The van der Waals surface area contributed by atoms with Crippen LogP contribution in [-0.4, -0.2) is 42.6 Å². The van der Waals surface area contributed by atoms with Gasteiger partial charge in [0.25, 0.3) is 0 Å². The maximum absolute atomic E-state index is 12.7. The first kappa shape index (κ1) is 17.2. The highest BCUT2D eigenvalue weighted by atomic mass is 32.2. The van der Waals surface area contributed by atoms with E-state index in [-0.39, 0.29) is 10.8 Å². The summed E-state index contributed by atoms with van der Waals surface area (Å²) in [7, 11) is -3.52. The average Bonchev–Trinajstić information content (AvgIpc) is 3.25. The van der Waals surface area contributed by atoms with E-state index in [0.29, 0.717) is 37.2 Å². The third-order valence-corrected chi connectivity index (χ3v) is 6.72. The Morgan fingerprint density at radius 3 is 2.69 bits per heavy atom. The number of ether oxygens (including phenoxy) is 1. The van der Waals surface area contributed by atoms with Gasteiger partial charge in [-0.3, -0.25) is 0 Å². The van der Waals surface area contributed by atoms with Crippen molar-refractivity contribution in [1.82, 2.24) is 14.4 Å². The predicted molar refractivity (Wildman–Crippen MR) is 96.7 cm³/mol. The number of hydrogen-bond acceptors (Lipinski definition) is 7. The van der Waals surface area contributed by atoms with Crippen LogP contribution in [0.25, 0.3) is 11.4 Å². The number of hydrogen-bond donors (Lipinski definition) is 0. The molecule has 0 spiro atoms. The van der Waals surface area contributed by atoms with Crippen molar-refractivity contribution >= 4 is 21.4 Å². The van der Waals surface area contributed by atoms with Crippen LogP contribution in [0.3, 0.4) is 0 Å². The molecule has 3 aromatic rings. The summed E-state index contributed by atoms with van der Waals surface area (Å²) in [5.74, 6) is 1.59. The molecule has 1 saturated heterocycles. The van der Waals surface area contributed by atoms with Crippen LogP contribution in [0.2, 0.25) is 0 Å². The van der Waals surface area contributed by atoms with E-state index in [1.165, 1.54) is 4.31 Å². The van der Waals surface area contributed by atoms with Gasteiger partial charge in [0.1, 0.15) is 5.75 Å². The number of thiophene rings is 1. The Labute approximate surface area is 155 Å². The summed E-state index contributed by atoms with van der Waals surface area (Å²) in [5, 5.41) is 7.86. The van der Waals surface area contributed by atoms with E-state index < -0.39 is 10.0 Å². The molecule has 1 aromatic carbocycles. The van der Waals surface area contributed by atoms with Crippen LogP contribution in [0.4, 0.5) is 0 Å². The maximum Gasteiger partial charge on any atom is 0.243 e. The van der Waals surface area contributed by atoms with Crippen molar-refractivity contribution in [3.63, 3.8) is 0 Å². The summed E-state index contributed by atoms with van der Waals surface area (Å²) in [6, 6.07) is 8.38. The molecule has 1 aliphatic rings. The molecule has 136 valence electrons. The van der Waals surface area contributed by atoms with Gasteiger partial charge in [0.15, 0.2) is 0 Å². The Morgan fingerprint density at radius 2 is 2.04 bits per heavy atom. The van der Waals surface area contributed by atoms with E-state index in [1.54, 1.807) is 35.6 Å². The number of sulfonamides is 1. The Balaban J connectivity index is 1.43. The molecule has 9 heteroatoms. The van der Waals surface area contributed by atoms with Crippen LogP contribution in [0, 0.1) is 0 Å². The maximum atomic E-state index is 12.7. The lowest BCUT2D eigenvalue weighted by molar-refractivity contribution is 0.217. The van der Waals surface area contributed by atoms with Gasteiger partial charge in [-0.1, -0.05) is 5.16 Å². The topological polar surface area (TPSA) is 85.5 Å². The SMILES string of the molecule is CCOc1ccc(S(=O)(=O)N2CC(c3nc(-c4ccsc4)no3)C2)cc1. The summed E-state index contributed by atoms with van der Waals surface area (Å²) in [6.07, 6.45) is 0. The van der Waals surface area contributed by atoms with Crippen LogP contribution >= 0.6 is 11.3 Å². The van der Waals surface area contributed by atoms with Crippen LogP contribution in [0.15, 0.2) is 50.5 Å². The Hall–Kier alpha value is -2.23. The first-order valence-corrected chi connectivity index (χ1v) is 10.6. The molecule has 0 bridgehead atoms. The molecular formula is C17H17N3O4S2. The third kappa shape index (κ3) is 3.13. The van der Waals surface area contributed by atoms with Crippen molar-refractivity contribution in [2.75, 3.05) is 19.7 Å². The van der Waals surface area contributed by atoms with Crippen LogP contribution in [0.1, 0.15) is 18.7 Å². The molecule has 7 nitrogen and oxygen atoms in total. The fourth-order valence-electron chi connectivity index (χ4n) is 2.72. The van der Waals surface area contributed by atoms with Gasteiger partial charge in [-0.05, 0) is 42.6 Å². The number of rotatable bonds is 6. The summed E-state index contributed by atoms with van der Waals surface area (Å²) in [5.41, 5.74) is 0.906. The minimum Gasteiger partial charge on any atom is -0.494 e. The molecule has 0 saturated carbocycles. The molecule has 0 radical (unpaired) electrons. The van der Waals surface area contributed by atoms with Gasteiger partial charge >= 0.3 is 0 Å². The summed E-state index contributed by atoms with van der Waals surface area (Å²) in [6.45, 7) is 3.09. The lowest BCUT2D eigenvalue weighted by atomic mass is 10.0. The van der Waals surface area contributed by atoms with Crippen molar-refractivity contribution in [1.29, 1.82) is 0 Å². The van der Waals surface area contributed by atoms with Crippen molar-refractivity contribution in [3.05, 3.63) is 47.0 Å². The van der Waals surface area contributed by atoms with Crippen molar-refractivity contribution in [3.8, 4) is 17.1 Å². The number of nitrogens with zero attached hydrogens (tertiary/aromatic N) is 3. The Morgan fingerprint density at radius 1 is 1.27 bits per heavy atom. The molecule has 0 N–H and O–H groups in total. The molecule has 2 aromatic heterocycles. The number of benzene rings is 1. The molecule has 4 rings (SSSR count). The molecule has 26 heavy (non-hydrogen) atoms. The number of aromatic nitrogens is 2. The van der Waals surface area contributed by atoms with Gasteiger partial charge in [0.05, 0.1) is 17.4 Å². The molecule has 1 aliphatic heterocycles. The average molecular weight is 391 g/mol. The van der Waals surface area contributed by atoms with Gasteiger partial charge in [0, 0.05) is 24.0 Å². The van der Waals surface area contributed by atoms with Gasteiger partial charge in [-0.15, -0.1) is 0 Å². The van der Waals surface area contributed by atoms with Gasteiger partial charge in [0.2, 0.25) is 21.7 Å². The molecule has 0 atom stereocenters. The molecule has 0 aliphatic carbocycles. The molecule has 0 unspecified atom stereocenters. The lowest BCUT2D eigenvalue weighted by Crippen LogP contribution is -2.48. The molecule has 0 amide bonds. The highest BCUT2D eigenvalue weighted by Gasteiger charge is 2.40. The lowest BCUT2D eigenvalue weighted by Gasteiger charge is -2.35. The van der Waals surface area contributed by atoms with E-state index in [2.05, 4.69) is 10.1 Å². The Kier molecular flexibility index (Phi) is 4.51. The molecule has 1 fully saturated rings. The van der Waals surface area contributed by atoms with Crippen LogP contribution < -0.4 is 4.74 Å². The fourth-order valence-corrected chi connectivity index (χ4v) is 4.89. The normalized spacial score (nSPS) is 15.7. The minimum atomic E-state index is -3.52. The predicted octanol–water partition coefficient (Wildman–Crippen LogP) is 2.98. The van der Waals surface area contributed by atoms with Gasteiger partial charge < -0.3 is 9.26 Å². The van der Waals surface area contributed by atoms with Crippen molar-refractivity contribution in [2.24, 2.45) is 0 Å². The van der Waals surface area contributed by atoms with E-state index in [1.807, 2.05) is 23.8 Å². The largest absolute Gasteiger partial charge is 0.494 e. The highest BCUT2D eigenvalue weighted by molar-refractivity contribution is 7.89. The standard InChI is InChI=1S/C17H17N3O4S2/c1-2-23-14-3-5-15(6-4-14)26(21,22)20-9-13(10-20)17-18-16(19-24-17)12-7-8-25-11-12/h3-8,11,13H,2,9-10H2,1H3. The summed E-state index contributed by atoms with van der Waals surface area (Å²) in [4.78, 5) is 4.64. The van der Waals surface area contributed by atoms with Gasteiger partial charge in [-0.2, -0.15) is 20.6 Å². The van der Waals surface area contributed by atoms with Crippen molar-refractivity contribution < 1.29 is 17.7 Å². The zero-order chi connectivity index (χ0) is 18.1. The monoisotopic (exact) mass is 391 g/mol. The van der Waals surface area contributed by atoms with E-state index in [0.717, 1.165) is 5.56 Å². The van der Waals surface area contributed by atoms with E-state index in [4.69, 9.17) is 9.26 Å². The quantitative estimate of drug-likeness (QED) is 0.642. The summed E-state index contributed by atoms with van der Waals surface area (Å²) >= 11 is 1.56. The van der Waals surface area contributed by atoms with E-state index >= 15 is 0 Å². The van der Waals surface area contributed by atoms with Gasteiger partial charge in [-0.25, -0.2) is 8.42 Å². The first-order valence-electron chi connectivity index (χ1n) is 8.17. The molecule has 3 heterocycles.